The van der Waals surface area contributed by atoms with E-state index >= 15 is 0 Å². The van der Waals surface area contributed by atoms with E-state index in [-0.39, 0.29) is 6.04 Å². The zero-order valence-electron chi connectivity index (χ0n) is 21.6. The van der Waals surface area contributed by atoms with Crippen molar-refractivity contribution in [1.29, 1.82) is 0 Å². The molecule has 9 heteroatoms. The number of methoxy groups -OCH3 is 1. The molecule has 0 bridgehead atoms. The molecule has 7 nitrogen and oxygen atoms in total. The normalized spacial score (nSPS) is 15.1. The lowest BCUT2D eigenvalue weighted by molar-refractivity contribution is -0.156. The summed E-state index contributed by atoms with van der Waals surface area (Å²) in [5.74, 6) is 5.82. The van der Waals surface area contributed by atoms with Gasteiger partial charge in [-0.1, -0.05) is 18.8 Å². The molecule has 1 atom stereocenters. The van der Waals surface area contributed by atoms with Crippen LogP contribution in [0, 0.1) is 11.8 Å². The standard InChI is InChI=1S/C27H34BrN3O4S/c1-6-23-21-16-22(28)24(34-5)15-19(21)10-12-30(23)25(32)26(33)31(27(2,3)4)11-8-14-35-13-7-9-20-17-29-18-36-20/h15-18,23H,6,8,10-14H2,1-5H3. The number of carbonyl (C=O) groups excluding carboxylic acids is 2. The number of aromatic nitrogens is 1. The number of nitrogens with zero attached hydrogens (tertiary/aromatic N) is 3. The third-order valence-corrected chi connectivity index (χ3v) is 7.45. The highest BCUT2D eigenvalue weighted by Crippen LogP contribution is 2.38. The maximum atomic E-state index is 13.5. The lowest BCUT2D eigenvalue weighted by atomic mass is 9.90. The van der Waals surface area contributed by atoms with Gasteiger partial charge in [-0.3, -0.25) is 14.6 Å². The number of carbonyl (C=O) groups is 2. The zero-order chi connectivity index (χ0) is 26.3. The van der Waals surface area contributed by atoms with Crippen LogP contribution in [0.4, 0.5) is 0 Å². The second-order valence-corrected chi connectivity index (χ2v) is 11.3. The number of hydrogen-bond donors (Lipinski definition) is 0. The van der Waals surface area contributed by atoms with Gasteiger partial charge in [0.25, 0.3) is 0 Å². The van der Waals surface area contributed by atoms with Gasteiger partial charge in [-0.25, -0.2) is 0 Å². The van der Waals surface area contributed by atoms with Crippen LogP contribution < -0.4 is 4.74 Å². The molecule has 0 aliphatic carbocycles. The molecule has 2 heterocycles. The monoisotopic (exact) mass is 575 g/mol. The Morgan fingerprint density at radius 3 is 2.75 bits per heavy atom. The molecule has 36 heavy (non-hydrogen) atoms. The van der Waals surface area contributed by atoms with Gasteiger partial charge < -0.3 is 19.3 Å². The van der Waals surface area contributed by atoms with Gasteiger partial charge in [-0.15, -0.1) is 11.3 Å². The molecule has 1 unspecified atom stereocenters. The van der Waals surface area contributed by atoms with Gasteiger partial charge in [0, 0.05) is 25.2 Å². The van der Waals surface area contributed by atoms with Crippen molar-refractivity contribution in [3.05, 3.63) is 44.3 Å². The highest BCUT2D eigenvalue weighted by atomic mass is 79.9. The average Bonchev–Trinajstić information content (AvgIpc) is 3.36. The number of hydrogen-bond acceptors (Lipinski definition) is 6. The Bertz CT molecular complexity index is 1120. The highest BCUT2D eigenvalue weighted by molar-refractivity contribution is 9.10. The van der Waals surface area contributed by atoms with Gasteiger partial charge in [0.05, 0.1) is 34.2 Å². The number of thiazole rings is 1. The molecule has 3 rings (SSSR count). The predicted molar refractivity (Wildman–Crippen MR) is 145 cm³/mol. The molecule has 0 N–H and O–H groups in total. The first-order valence-corrected chi connectivity index (χ1v) is 13.8. The van der Waals surface area contributed by atoms with Crippen molar-refractivity contribution in [3.8, 4) is 17.6 Å². The van der Waals surface area contributed by atoms with Crippen molar-refractivity contribution >= 4 is 39.1 Å². The summed E-state index contributed by atoms with van der Waals surface area (Å²) in [6.45, 7) is 9.59. The first-order chi connectivity index (χ1) is 17.2. The van der Waals surface area contributed by atoms with Crippen LogP contribution in [-0.2, 0) is 20.7 Å². The van der Waals surface area contributed by atoms with E-state index in [1.807, 2.05) is 39.8 Å². The number of benzene rings is 1. The van der Waals surface area contributed by atoms with E-state index < -0.39 is 17.4 Å². The maximum absolute atomic E-state index is 13.5. The van der Waals surface area contributed by atoms with E-state index in [0.717, 1.165) is 32.6 Å². The van der Waals surface area contributed by atoms with Crippen LogP contribution in [0.3, 0.4) is 0 Å². The molecule has 1 aliphatic heterocycles. The molecule has 0 fully saturated rings. The van der Waals surface area contributed by atoms with Gasteiger partial charge in [0.1, 0.15) is 12.4 Å². The Balaban J connectivity index is 1.63. The fourth-order valence-electron chi connectivity index (χ4n) is 4.37. The molecule has 0 spiro atoms. The van der Waals surface area contributed by atoms with Crippen LogP contribution in [0.5, 0.6) is 5.75 Å². The summed E-state index contributed by atoms with van der Waals surface area (Å²) in [5, 5.41) is 0. The summed E-state index contributed by atoms with van der Waals surface area (Å²) in [6, 6.07) is 3.88. The SMILES string of the molecule is CCC1c2cc(Br)c(OC)cc2CCN1C(=O)C(=O)N(CCCOCC#Cc1cncs1)C(C)(C)C. The fraction of sp³-hybridized carbons (Fsp3) is 0.519. The molecule has 2 aromatic rings. The molecule has 1 aromatic carbocycles. The summed E-state index contributed by atoms with van der Waals surface area (Å²) >= 11 is 5.05. The molecule has 2 amide bonds. The quantitative estimate of drug-likeness (QED) is 0.268. The molecule has 1 aromatic heterocycles. The van der Waals surface area contributed by atoms with E-state index in [1.165, 1.54) is 11.3 Å². The first-order valence-electron chi connectivity index (χ1n) is 12.1. The van der Waals surface area contributed by atoms with E-state index in [9.17, 15) is 9.59 Å². The Kier molecular flexibility index (Phi) is 9.94. The van der Waals surface area contributed by atoms with Crippen molar-refractivity contribution < 1.29 is 19.1 Å². The summed E-state index contributed by atoms with van der Waals surface area (Å²) in [6.07, 6.45) is 3.74. The van der Waals surface area contributed by atoms with Crippen molar-refractivity contribution in [2.75, 3.05) is 33.4 Å². The Morgan fingerprint density at radius 2 is 2.11 bits per heavy atom. The lowest BCUT2D eigenvalue weighted by Gasteiger charge is -2.40. The van der Waals surface area contributed by atoms with E-state index in [0.29, 0.717) is 39.1 Å². The van der Waals surface area contributed by atoms with Crippen LogP contribution in [0.15, 0.2) is 28.3 Å². The van der Waals surface area contributed by atoms with Crippen LogP contribution in [0.25, 0.3) is 0 Å². The van der Waals surface area contributed by atoms with Gasteiger partial charge in [0.2, 0.25) is 0 Å². The van der Waals surface area contributed by atoms with Crippen molar-refractivity contribution in [3.63, 3.8) is 0 Å². The van der Waals surface area contributed by atoms with Crippen LogP contribution in [0.2, 0.25) is 0 Å². The van der Waals surface area contributed by atoms with Crippen LogP contribution in [0.1, 0.15) is 62.6 Å². The number of halogens is 1. The van der Waals surface area contributed by atoms with E-state index in [4.69, 9.17) is 9.47 Å². The van der Waals surface area contributed by atoms with E-state index in [2.05, 4.69) is 32.8 Å². The topological polar surface area (TPSA) is 72.0 Å². The largest absolute Gasteiger partial charge is 0.496 e. The minimum Gasteiger partial charge on any atom is -0.496 e. The van der Waals surface area contributed by atoms with Gasteiger partial charge in [0.15, 0.2) is 0 Å². The van der Waals surface area contributed by atoms with E-state index in [1.54, 1.807) is 28.6 Å². The second kappa shape index (κ2) is 12.7. The first kappa shape index (κ1) is 28.2. The number of amides is 2. The van der Waals surface area contributed by atoms with Crippen molar-refractivity contribution in [2.45, 2.75) is 58.5 Å². The molecule has 0 radical (unpaired) electrons. The Hall–Kier alpha value is -2.41. The van der Waals surface area contributed by atoms with Crippen molar-refractivity contribution in [1.82, 2.24) is 14.8 Å². The second-order valence-electron chi connectivity index (χ2n) is 9.56. The Labute approximate surface area is 226 Å². The van der Waals surface area contributed by atoms with Crippen LogP contribution in [-0.4, -0.2) is 65.6 Å². The molecule has 1 aliphatic rings. The molecule has 0 saturated carbocycles. The van der Waals surface area contributed by atoms with Gasteiger partial charge >= 0.3 is 11.8 Å². The summed E-state index contributed by atoms with van der Waals surface area (Å²) < 4.78 is 11.9. The third kappa shape index (κ3) is 6.87. The van der Waals surface area contributed by atoms with Crippen molar-refractivity contribution in [2.24, 2.45) is 0 Å². The number of fused-ring (bicyclic) bond motifs is 1. The van der Waals surface area contributed by atoms with Crippen LogP contribution >= 0.6 is 27.3 Å². The molecule has 0 saturated heterocycles. The maximum Gasteiger partial charge on any atom is 0.312 e. The average molecular weight is 577 g/mol. The third-order valence-electron chi connectivity index (χ3n) is 6.14. The fourth-order valence-corrected chi connectivity index (χ4v) is 5.38. The molecule has 194 valence electrons. The minimum atomic E-state index is -0.496. The molecular formula is C27H34BrN3O4S. The highest BCUT2D eigenvalue weighted by Gasteiger charge is 2.38. The predicted octanol–water partition coefficient (Wildman–Crippen LogP) is 4.84. The number of ether oxygens (including phenoxy) is 2. The lowest BCUT2D eigenvalue weighted by Crippen LogP contribution is -2.54. The Morgan fingerprint density at radius 1 is 1.33 bits per heavy atom. The molecular weight excluding hydrogens is 542 g/mol. The number of rotatable bonds is 7. The zero-order valence-corrected chi connectivity index (χ0v) is 24.0. The minimum absolute atomic E-state index is 0.158. The smallest absolute Gasteiger partial charge is 0.312 e. The summed E-state index contributed by atoms with van der Waals surface area (Å²) in [4.78, 5) is 35.3. The van der Waals surface area contributed by atoms with Gasteiger partial charge in [-0.05, 0) is 79.2 Å². The summed E-state index contributed by atoms with van der Waals surface area (Å²) in [7, 11) is 1.64. The van der Waals surface area contributed by atoms with Gasteiger partial charge in [-0.2, -0.15) is 0 Å². The summed E-state index contributed by atoms with van der Waals surface area (Å²) in [5.41, 5.74) is 3.46.